The zero-order valence-corrected chi connectivity index (χ0v) is 47.5. The highest BCUT2D eigenvalue weighted by Crippen LogP contribution is 2.41. The minimum Gasteiger partial charge on any atom is -0.459 e. The van der Waals surface area contributed by atoms with Gasteiger partial charge < -0.3 is 68.5 Å². The molecule has 430 valence electrons. The highest BCUT2D eigenvalue weighted by Gasteiger charge is 2.53. The van der Waals surface area contributed by atoms with E-state index in [1.54, 1.807) is 72.7 Å². The minimum atomic E-state index is -1.85. The Bertz CT molecular complexity index is 2290. The summed E-state index contributed by atoms with van der Waals surface area (Å²) in [7, 11) is 8.61. The van der Waals surface area contributed by atoms with Gasteiger partial charge >= 0.3 is 5.97 Å². The lowest BCUT2D eigenvalue weighted by Gasteiger charge is -2.49. The van der Waals surface area contributed by atoms with Crippen molar-refractivity contribution in [1.29, 1.82) is 0 Å². The van der Waals surface area contributed by atoms with Gasteiger partial charge in [-0.2, -0.15) is 5.10 Å². The van der Waals surface area contributed by atoms with Crippen LogP contribution in [0.5, 0.6) is 0 Å². The van der Waals surface area contributed by atoms with Crippen LogP contribution in [0.3, 0.4) is 0 Å². The molecule has 21 heteroatoms. The van der Waals surface area contributed by atoms with Crippen molar-refractivity contribution in [3.8, 4) is 11.1 Å². The van der Waals surface area contributed by atoms with Gasteiger partial charge in [-0.05, 0) is 98.9 Å². The number of methoxy groups -OCH3 is 2. The lowest BCUT2D eigenvalue weighted by Crippen LogP contribution is -2.61. The molecular formula is C55H90FN7O13. The van der Waals surface area contributed by atoms with Crippen LogP contribution in [-0.2, 0) is 51.4 Å². The van der Waals surface area contributed by atoms with Gasteiger partial charge in [-0.15, -0.1) is 5.10 Å². The minimum absolute atomic E-state index is 0.0837. The number of benzene rings is 1. The molecule has 3 aromatic rings. The number of aromatic nitrogens is 5. The quantitative estimate of drug-likeness (QED) is 0.125. The molecule has 2 aromatic heterocycles. The van der Waals surface area contributed by atoms with Crippen molar-refractivity contribution in [1.82, 2.24) is 34.6 Å². The second kappa shape index (κ2) is 25.7. The topological polar surface area (TPSA) is 238 Å². The van der Waals surface area contributed by atoms with Gasteiger partial charge in [0.2, 0.25) is 0 Å². The molecule has 5 N–H and O–H groups in total. The van der Waals surface area contributed by atoms with E-state index in [9.17, 15) is 34.7 Å². The fourth-order valence-corrected chi connectivity index (χ4v) is 11.9. The smallest absolute Gasteiger partial charge is 0.311 e. The second-order valence-corrected chi connectivity index (χ2v) is 23.0. The number of carbonyl (C=O) groups is 1. The molecule has 0 radical (unpaired) electrons. The summed E-state index contributed by atoms with van der Waals surface area (Å²) in [5.74, 6) is -2.88. The molecule has 0 spiro atoms. The molecule has 3 saturated heterocycles. The van der Waals surface area contributed by atoms with Crippen LogP contribution in [0.4, 0.5) is 4.39 Å². The van der Waals surface area contributed by atoms with Crippen molar-refractivity contribution in [3.63, 3.8) is 0 Å². The standard InChI is InChI=1S/C55H90FN7O13/c1-16-43-55(10,69)48(65)35(6)61(12)28-31(2)24-53(8,68)50(33(4)46(34(5)51(67)74-43)75-44-25-54(9,71-15)49(66)36(7)73-44)76-52-45(64)41(23-32(3)72-52)60(11)22-21-40-30-63(59-58-40)42(26-56)47(70-14)38-19-17-37(18-20-38)39-27-57-62(13)29-39/h17-20,27,29-36,41-50,52,64-66,68-69H,16,21-26,28H2,1-15H3/t31-,32-,33+,34-,35-,36+,41+,42-,43-,44+,45-,46+,47-,48-,49+,50-,52+,53-,54-,55-/m1/s1. The predicted molar refractivity (Wildman–Crippen MR) is 280 cm³/mol. The van der Waals surface area contributed by atoms with Crippen LogP contribution in [0.2, 0.25) is 0 Å². The van der Waals surface area contributed by atoms with E-state index in [2.05, 4.69) is 15.4 Å². The maximum absolute atomic E-state index is 14.9. The van der Waals surface area contributed by atoms with Gasteiger partial charge in [0.15, 0.2) is 12.6 Å². The summed E-state index contributed by atoms with van der Waals surface area (Å²) in [5.41, 5.74) is -1.27. The fourth-order valence-electron chi connectivity index (χ4n) is 11.9. The third-order valence-corrected chi connectivity index (χ3v) is 16.8. The van der Waals surface area contributed by atoms with Gasteiger partial charge in [0.25, 0.3) is 0 Å². The van der Waals surface area contributed by atoms with Gasteiger partial charge in [-0.25, -0.2) is 9.07 Å². The van der Waals surface area contributed by atoms with E-state index in [4.69, 9.17) is 33.2 Å². The summed E-state index contributed by atoms with van der Waals surface area (Å²) in [6.07, 6.45) is -4.28. The maximum Gasteiger partial charge on any atom is 0.311 e. The largest absolute Gasteiger partial charge is 0.459 e. The molecule has 0 aliphatic carbocycles. The van der Waals surface area contributed by atoms with E-state index in [0.29, 0.717) is 31.6 Å². The molecule has 0 bridgehead atoms. The molecule has 3 fully saturated rings. The first-order valence-corrected chi connectivity index (χ1v) is 27.0. The Labute approximate surface area is 449 Å². The number of likely N-dealkylation sites (N-methyl/N-ethyl adjacent to an activating group) is 2. The Morgan fingerprint density at radius 1 is 0.934 bits per heavy atom. The Morgan fingerprint density at radius 3 is 2.22 bits per heavy atom. The normalized spacial score (nSPS) is 38.6. The van der Waals surface area contributed by atoms with Gasteiger partial charge in [0.05, 0.1) is 53.4 Å². The number of nitrogens with zero attached hydrogens (tertiary/aromatic N) is 7. The molecule has 20 nitrogen and oxygen atoms in total. The third-order valence-electron chi connectivity index (χ3n) is 16.8. The van der Waals surface area contributed by atoms with E-state index in [1.165, 1.54) is 18.7 Å². The highest BCUT2D eigenvalue weighted by atomic mass is 19.1. The summed E-state index contributed by atoms with van der Waals surface area (Å²) >= 11 is 0. The number of alkyl halides is 1. The molecule has 0 amide bonds. The van der Waals surface area contributed by atoms with Crippen molar-refractivity contribution < 1.29 is 67.9 Å². The van der Waals surface area contributed by atoms with Crippen molar-refractivity contribution in [2.45, 2.75) is 204 Å². The Kier molecular flexibility index (Phi) is 20.9. The highest BCUT2D eigenvalue weighted by molar-refractivity contribution is 5.73. The van der Waals surface area contributed by atoms with Crippen molar-refractivity contribution in [2.75, 3.05) is 48.1 Å². The molecule has 3 aliphatic heterocycles. The number of aryl methyl sites for hydroxylation is 1. The maximum atomic E-state index is 14.9. The summed E-state index contributed by atoms with van der Waals surface area (Å²) in [6.45, 7) is 17.5. The number of cyclic esters (lactones) is 1. The zero-order chi connectivity index (χ0) is 56.2. The molecule has 6 rings (SSSR count). The van der Waals surface area contributed by atoms with Crippen LogP contribution in [-0.4, -0.2) is 204 Å². The van der Waals surface area contributed by atoms with Crippen molar-refractivity contribution in [2.24, 2.45) is 24.8 Å². The van der Waals surface area contributed by atoms with Crippen LogP contribution < -0.4 is 0 Å². The SMILES string of the molecule is CC[C@H]1OC(=O)[C@H](C)[C@@H](O[C@H]2C[C@@](C)(OC)[C@@H](O)[C@H](C)O2)[C@H](C)[C@@H](O[C@@H]2O[C@H](C)C[C@H](N(C)CCc3cn([C@H](CF)[C@H](OC)c4ccc(-c5cnn(C)c5)cc4)nn3)[C@H]2O)[C@](C)(O)C[C@@H](C)CN(C)[C@H](C)[C@@H](O)[C@]1(C)O. The van der Waals surface area contributed by atoms with Gasteiger partial charge in [0, 0.05) is 83.2 Å². The molecule has 1 aromatic carbocycles. The van der Waals surface area contributed by atoms with E-state index in [0.717, 1.165) is 16.7 Å². The van der Waals surface area contributed by atoms with Crippen LogP contribution in [0.25, 0.3) is 11.1 Å². The van der Waals surface area contributed by atoms with Gasteiger partial charge in [-0.1, -0.05) is 50.3 Å². The molecule has 20 atom stereocenters. The van der Waals surface area contributed by atoms with Crippen LogP contribution in [0, 0.1) is 17.8 Å². The van der Waals surface area contributed by atoms with Gasteiger partial charge in [0.1, 0.15) is 48.8 Å². The van der Waals surface area contributed by atoms with Crippen LogP contribution >= 0.6 is 0 Å². The first kappa shape index (κ1) is 61.7. The lowest BCUT2D eigenvalue weighted by molar-refractivity contribution is -0.318. The van der Waals surface area contributed by atoms with Gasteiger partial charge in [-0.3, -0.25) is 9.48 Å². The van der Waals surface area contributed by atoms with E-state index in [1.807, 2.05) is 75.3 Å². The zero-order valence-electron chi connectivity index (χ0n) is 47.5. The molecule has 3 aliphatic rings. The number of carbonyl (C=O) groups excluding carboxylic acids is 1. The number of esters is 1. The number of hydrogen-bond donors (Lipinski definition) is 5. The Morgan fingerprint density at radius 2 is 1.62 bits per heavy atom. The number of aliphatic hydroxyl groups is 5. The summed E-state index contributed by atoms with van der Waals surface area (Å²) in [4.78, 5) is 18.4. The predicted octanol–water partition coefficient (Wildman–Crippen LogP) is 4.40. The molecule has 5 heterocycles. The average Bonchev–Trinajstić information content (AvgIpc) is 4.04. The van der Waals surface area contributed by atoms with Crippen molar-refractivity contribution in [3.05, 3.63) is 54.1 Å². The average molecular weight is 1080 g/mol. The summed E-state index contributed by atoms with van der Waals surface area (Å²) in [6, 6.07) is 5.86. The number of halogens is 1. The number of rotatable bonds is 16. The lowest BCUT2D eigenvalue weighted by atomic mass is 9.77. The first-order chi connectivity index (χ1) is 35.7. The molecular weight excluding hydrogens is 986 g/mol. The Hall–Kier alpha value is -3.55. The first-order valence-electron chi connectivity index (χ1n) is 27.0. The summed E-state index contributed by atoms with van der Waals surface area (Å²) < 4.78 is 62.4. The number of hydrogen-bond acceptors (Lipinski definition) is 18. The number of aliphatic hydroxyl groups excluding tert-OH is 3. The third kappa shape index (κ3) is 13.9. The molecule has 0 unspecified atom stereocenters. The fraction of sp³-hybridized carbons (Fsp3) is 0.782. The summed E-state index contributed by atoms with van der Waals surface area (Å²) in [5, 5.41) is 72.9. The molecule has 76 heavy (non-hydrogen) atoms. The Balaban J connectivity index is 1.25. The van der Waals surface area contributed by atoms with Crippen molar-refractivity contribution >= 4 is 5.97 Å². The van der Waals surface area contributed by atoms with E-state index < -0.39 is 127 Å². The number of ether oxygens (including phenoxy) is 7. The van der Waals surface area contributed by atoms with Crippen LogP contribution in [0.15, 0.2) is 42.9 Å². The monoisotopic (exact) mass is 1080 g/mol. The van der Waals surface area contributed by atoms with E-state index >= 15 is 0 Å². The second-order valence-electron chi connectivity index (χ2n) is 23.0. The molecule has 0 saturated carbocycles. The van der Waals surface area contributed by atoms with Crippen LogP contribution in [0.1, 0.15) is 118 Å². The van der Waals surface area contributed by atoms with E-state index in [-0.39, 0.29) is 25.2 Å².